The molecule has 0 unspecified atom stereocenters. The van der Waals surface area contributed by atoms with Crippen LogP contribution < -0.4 is 0 Å². The summed E-state index contributed by atoms with van der Waals surface area (Å²) in [6, 6.07) is 30.5. The SMILES string of the molecule is C=C(C)c1ccccc1.C=C(C)c1ccccc1.C=C(C)c1ccccc1.CC.CC.CC.CC.CC.CC. The zero-order valence-corrected chi connectivity index (χ0v) is 28.8. The maximum absolute atomic E-state index is 3.83. The molecular weight excluding hydrogens is 468 g/mol. The predicted molar refractivity (Wildman–Crippen MR) is 192 cm³/mol. The van der Waals surface area contributed by atoms with E-state index in [0.717, 1.165) is 16.7 Å². The fourth-order valence-corrected chi connectivity index (χ4v) is 2.17. The summed E-state index contributed by atoms with van der Waals surface area (Å²) in [6.45, 7) is 41.5. The maximum Gasteiger partial charge on any atom is -0.0233 e. The molecule has 0 aliphatic rings. The van der Waals surface area contributed by atoms with Gasteiger partial charge in [-0.15, -0.1) is 0 Å². The van der Waals surface area contributed by atoms with Gasteiger partial charge in [-0.2, -0.15) is 0 Å². The van der Waals surface area contributed by atoms with Crippen LogP contribution in [-0.4, -0.2) is 0 Å². The summed E-state index contributed by atoms with van der Waals surface area (Å²) >= 11 is 0. The van der Waals surface area contributed by atoms with Crippen LogP contribution in [0.15, 0.2) is 111 Å². The van der Waals surface area contributed by atoms with Gasteiger partial charge in [-0.3, -0.25) is 0 Å². The molecular formula is C39H66. The third-order valence-corrected chi connectivity index (χ3v) is 3.80. The standard InChI is InChI=1S/3C9H10.6C2H6/c3*1-8(2)9-6-4-3-5-7-9;6*1-2/h3*3-7H,1H2,2H3;6*1-2H3. The van der Waals surface area contributed by atoms with Crippen LogP contribution >= 0.6 is 0 Å². The van der Waals surface area contributed by atoms with E-state index in [1.807, 2.05) is 158 Å². The Kier molecular flexibility index (Phi) is 56.2. The highest BCUT2D eigenvalue weighted by Gasteiger charge is 1.87. The molecule has 0 aromatic heterocycles. The first-order valence-electron chi connectivity index (χ1n) is 15.0. The fourth-order valence-electron chi connectivity index (χ4n) is 2.17. The Morgan fingerprint density at radius 2 is 0.436 bits per heavy atom. The normalized spacial score (nSPS) is 7.15. The van der Waals surface area contributed by atoms with E-state index in [2.05, 4.69) is 56.1 Å². The summed E-state index contributed by atoms with van der Waals surface area (Å²) in [7, 11) is 0. The molecule has 0 saturated carbocycles. The molecule has 0 amide bonds. The highest BCUT2D eigenvalue weighted by Crippen LogP contribution is 2.10. The second-order valence-electron chi connectivity index (χ2n) is 6.44. The lowest BCUT2D eigenvalue weighted by molar-refractivity contribution is 1.50. The molecule has 0 aliphatic heterocycles. The van der Waals surface area contributed by atoms with E-state index in [9.17, 15) is 0 Å². The molecule has 0 aliphatic carbocycles. The maximum atomic E-state index is 3.83. The molecule has 3 aromatic carbocycles. The summed E-state index contributed by atoms with van der Waals surface area (Å²) in [5.41, 5.74) is 7.02. The highest BCUT2D eigenvalue weighted by molar-refractivity contribution is 5.61. The molecule has 3 aromatic rings. The number of allylic oxidation sites excluding steroid dienone is 3. The topological polar surface area (TPSA) is 0 Å². The van der Waals surface area contributed by atoms with Crippen LogP contribution in [0.25, 0.3) is 16.7 Å². The van der Waals surface area contributed by atoms with Crippen molar-refractivity contribution in [2.45, 2.75) is 104 Å². The third-order valence-electron chi connectivity index (χ3n) is 3.80. The third kappa shape index (κ3) is 34.9. The molecule has 222 valence electrons. The van der Waals surface area contributed by atoms with Gasteiger partial charge in [-0.1, -0.05) is 211 Å². The average Bonchev–Trinajstić information content (AvgIpc) is 3.05. The van der Waals surface area contributed by atoms with Gasteiger partial charge in [0.15, 0.2) is 0 Å². The van der Waals surface area contributed by atoms with Gasteiger partial charge in [-0.25, -0.2) is 0 Å². The molecule has 0 N–H and O–H groups in total. The van der Waals surface area contributed by atoms with Crippen LogP contribution in [-0.2, 0) is 0 Å². The monoisotopic (exact) mass is 535 g/mol. The second-order valence-corrected chi connectivity index (χ2v) is 6.44. The molecule has 0 heteroatoms. The van der Waals surface area contributed by atoms with E-state index in [0.29, 0.717) is 0 Å². The van der Waals surface area contributed by atoms with Crippen molar-refractivity contribution in [3.63, 3.8) is 0 Å². The van der Waals surface area contributed by atoms with Crippen molar-refractivity contribution in [2.24, 2.45) is 0 Å². The minimum Gasteiger partial charge on any atom is -0.0955 e. The first kappa shape index (κ1) is 48.9. The van der Waals surface area contributed by atoms with Gasteiger partial charge < -0.3 is 0 Å². The fraction of sp³-hybridized carbons (Fsp3) is 0.385. The van der Waals surface area contributed by atoms with E-state index >= 15 is 0 Å². The lowest BCUT2D eigenvalue weighted by atomic mass is 10.1. The largest absolute Gasteiger partial charge is 0.0955 e. The second kappa shape index (κ2) is 44.8. The number of hydrogen-bond donors (Lipinski definition) is 0. The van der Waals surface area contributed by atoms with Crippen LogP contribution in [0.4, 0.5) is 0 Å². The van der Waals surface area contributed by atoms with Crippen LogP contribution in [0.3, 0.4) is 0 Å². The van der Waals surface area contributed by atoms with Crippen molar-refractivity contribution in [3.8, 4) is 0 Å². The minimum absolute atomic E-state index is 1.12. The molecule has 0 atom stereocenters. The van der Waals surface area contributed by atoms with E-state index in [1.54, 1.807) is 0 Å². The van der Waals surface area contributed by atoms with Crippen LogP contribution in [0.2, 0.25) is 0 Å². The lowest BCUT2D eigenvalue weighted by Gasteiger charge is -1.94. The quantitative estimate of drug-likeness (QED) is 0.313. The summed E-state index contributed by atoms with van der Waals surface area (Å²) < 4.78 is 0. The van der Waals surface area contributed by atoms with Gasteiger partial charge in [0.05, 0.1) is 0 Å². The van der Waals surface area contributed by atoms with Crippen molar-refractivity contribution in [1.82, 2.24) is 0 Å². The molecule has 0 saturated heterocycles. The molecule has 0 bridgehead atoms. The molecule has 39 heavy (non-hydrogen) atoms. The molecule has 0 spiro atoms. The Morgan fingerprint density at radius 1 is 0.308 bits per heavy atom. The van der Waals surface area contributed by atoms with Crippen molar-refractivity contribution in [3.05, 3.63) is 127 Å². The molecule has 0 heterocycles. The summed E-state index contributed by atoms with van der Waals surface area (Å²) in [5, 5.41) is 0. The average molecular weight is 535 g/mol. The minimum atomic E-state index is 1.12. The Bertz CT molecular complexity index is 707. The number of rotatable bonds is 3. The van der Waals surface area contributed by atoms with Crippen molar-refractivity contribution in [2.75, 3.05) is 0 Å². The zero-order valence-electron chi connectivity index (χ0n) is 28.8. The molecule has 3 rings (SSSR count). The summed E-state index contributed by atoms with van der Waals surface area (Å²) in [4.78, 5) is 0. The summed E-state index contributed by atoms with van der Waals surface area (Å²) in [5.74, 6) is 0. The van der Waals surface area contributed by atoms with E-state index < -0.39 is 0 Å². The van der Waals surface area contributed by atoms with Gasteiger partial charge in [0.2, 0.25) is 0 Å². The Labute approximate surface area is 247 Å². The van der Waals surface area contributed by atoms with Gasteiger partial charge >= 0.3 is 0 Å². The highest BCUT2D eigenvalue weighted by atomic mass is 13.9. The first-order chi connectivity index (χ1) is 18.9. The van der Waals surface area contributed by atoms with Crippen molar-refractivity contribution >= 4 is 16.7 Å². The molecule has 0 radical (unpaired) electrons. The van der Waals surface area contributed by atoms with Crippen molar-refractivity contribution < 1.29 is 0 Å². The molecule has 0 nitrogen and oxygen atoms in total. The number of benzene rings is 3. The van der Waals surface area contributed by atoms with E-state index in [4.69, 9.17) is 0 Å². The van der Waals surface area contributed by atoms with Crippen LogP contribution in [0.5, 0.6) is 0 Å². The first-order valence-corrected chi connectivity index (χ1v) is 15.0. The van der Waals surface area contributed by atoms with Crippen LogP contribution in [0.1, 0.15) is 121 Å². The lowest BCUT2D eigenvalue weighted by Crippen LogP contribution is -1.72. The van der Waals surface area contributed by atoms with Gasteiger partial charge in [0.25, 0.3) is 0 Å². The van der Waals surface area contributed by atoms with E-state index in [1.165, 1.54) is 16.7 Å². The van der Waals surface area contributed by atoms with E-state index in [-0.39, 0.29) is 0 Å². The Hall–Kier alpha value is -3.12. The van der Waals surface area contributed by atoms with Crippen LogP contribution in [0, 0.1) is 0 Å². The smallest absolute Gasteiger partial charge is 0.0233 e. The molecule has 0 fully saturated rings. The Morgan fingerprint density at radius 3 is 0.513 bits per heavy atom. The van der Waals surface area contributed by atoms with Crippen molar-refractivity contribution in [1.29, 1.82) is 0 Å². The predicted octanol–water partition coefficient (Wildman–Crippen LogP) is 14.3. The summed E-state index contributed by atoms with van der Waals surface area (Å²) in [6.07, 6.45) is 0. The number of hydrogen-bond acceptors (Lipinski definition) is 0. The van der Waals surface area contributed by atoms with Gasteiger partial charge in [0.1, 0.15) is 0 Å². The van der Waals surface area contributed by atoms with Gasteiger partial charge in [-0.05, 0) is 37.5 Å². The zero-order chi connectivity index (χ0) is 32.1. The van der Waals surface area contributed by atoms with Gasteiger partial charge in [0, 0.05) is 0 Å². The Balaban J connectivity index is -0.0000000876.